The molecule has 0 radical (unpaired) electrons. The van der Waals surface area contributed by atoms with E-state index in [4.69, 9.17) is 17.0 Å². The summed E-state index contributed by atoms with van der Waals surface area (Å²) < 4.78 is 6.82. The van der Waals surface area contributed by atoms with Crippen molar-refractivity contribution in [1.29, 1.82) is 0 Å². The molecule has 0 aliphatic carbocycles. The summed E-state index contributed by atoms with van der Waals surface area (Å²) in [5, 5.41) is 2.45. The first-order valence-corrected chi connectivity index (χ1v) is 9.50. The summed E-state index contributed by atoms with van der Waals surface area (Å²) in [7, 11) is 0. The maximum Gasteiger partial charge on any atom is 0.270 e. The second-order valence-electron chi connectivity index (χ2n) is 4.92. The third kappa shape index (κ3) is 5.52. The predicted octanol–water partition coefficient (Wildman–Crippen LogP) is 3.56. The van der Waals surface area contributed by atoms with Crippen LogP contribution < -0.4 is 20.9 Å². The molecule has 0 bridgehead atoms. The third-order valence-corrected chi connectivity index (χ3v) is 4.51. The van der Waals surface area contributed by atoms with Crippen LogP contribution in [0.2, 0.25) is 0 Å². The first-order valence-electron chi connectivity index (χ1n) is 7.51. The van der Waals surface area contributed by atoms with Gasteiger partial charge < -0.3 is 4.74 Å². The molecule has 0 saturated carbocycles. The van der Waals surface area contributed by atoms with E-state index >= 15 is 0 Å². The standard InChI is InChI=1S/C17H15Br2N3O3S/c1-2-25-14-8-7-10(18)9-12(14)15(23)20-17(26)22-21-16(24)11-5-3-4-6-13(11)19/h3-9H,2H2,1H3,(H,21,24)(H2,20,22,23,26). The molecule has 0 spiro atoms. The van der Waals surface area contributed by atoms with Crippen LogP contribution in [0.5, 0.6) is 5.75 Å². The van der Waals surface area contributed by atoms with Gasteiger partial charge in [-0.3, -0.25) is 25.8 Å². The molecule has 0 atom stereocenters. The van der Waals surface area contributed by atoms with Crippen LogP contribution in [-0.4, -0.2) is 23.5 Å². The first-order chi connectivity index (χ1) is 12.4. The van der Waals surface area contributed by atoms with Crippen molar-refractivity contribution in [3.05, 3.63) is 62.5 Å². The fourth-order valence-corrected chi connectivity index (χ4v) is 2.96. The molecular weight excluding hydrogens is 486 g/mol. The van der Waals surface area contributed by atoms with Gasteiger partial charge in [0.25, 0.3) is 11.8 Å². The number of nitrogens with one attached hydrogen (secondary N) is 3. The van der Waals surface area contributed by atoms with Crippen LogP contribution in [0.1, 0.15) is 27.6 Å². The van der Waals surface area contributed by atoms with Crippen molar-refractivity contribution in [2.45, 2.75) is 6.92 Å². The smallest absolute Gasteiger partial charge is 0.270 e. The Kier molecular flexibility index (Phi) is 7.55. The summed E-state index contributed by atoms with van der Waals surface area (Å²) >= 11 is 11.7. The van der Waals surface area contributed by atoms with E-state index in [2.05, 4.69) is 48.0 Å². The Morgan fingerprint density at radius 2 is 1.77 bits per heavy atom. The van der Waals surface area contributed by atoms with Crippen molar-refractivity contribution < 1.29 is 14.3 Å². The molecule has 0 heterocycles. The van der Waals surface area contributed by atoms with Gasteiger partial charge in [-0.15, -0.1) is 0 Å². The Labute approximate surface area is 172 Å². The number of halogens is 2. The van der Waals surface area contributed by atoms with Crippen molar-refractivity contribution in [1.82, 2.24) is 16.2 Å². The normalized spacial score (nSPS) is 9.96. The molecule has 0 fully saturated rings. The van der Waals surface area contributed by atoms with E-state index in [1.54, 1.807) is 42.5 Å². The van der Waals surface area contributed by atoms with Crippen LogP contribution in [0.4, 0.5) is 0 Å². The minimum atomic E-state index is -0.456. The molecule has 0 aromatic heterocycles. The molecule has 0 aliphatic rings. The van der Waals surface area contributed by atoms with Crippen LogP contribution in [0.25, 0.3) is 0 Å². The van der Waals surface area contributed by atoms with E-state index in [9.17, 15) is 9.59 Å². The number of benzene rings is 2. The summed E-state index contributed by atoms with van der Waals surface area (Å²) in [6, 6.07) is 12.0. The second-order valence-corrected chi connectivity index (χ2v) is 7.09. The zero-order valence-electron chi connectivity index (χ0n) is 13.6. The molecule has 136 valence electrons. The molecular formula is C17H15Br2N3O3S. The maximum absolute atomic E-state index is 12.4. The SMILES string of the molecule is CCOc1ccc(Br)cc1C(=O)NC(=S)NNC(=O)c1ccccc1Br. The highest BCUT2D eigenvalue weighted by Gasteiger charge is 2.15. The summed E-state index contributed by atoms with van der Waals surface area (Å²) in [6.07, 6.45) is 0. The molecule has 0 aliphatic heterocycles. The van der Waals surface area contributed by atoms with Crippen molar-refractivity contribution in [3.63, 3.8) is 0 Å². The van der Waals surface area contributed by atoms with Gasteiger partial charge in [-0.25, -0.2) is 0 Å². The largest absolute Gasteiger partial charge is 0.493 e. The number of hydrazine groups is 1. The topological polar surface area (TPSA) is 79.5 Å². The third-order valence-electron chi connectivity index (χ3n) is 3.12. The minimum Gasteiger partial charge on any atom is -0.493 e. The van der Waals surface area contributed by atoms with E-state index in [1.807, 2.05) is 6.92 Å². The molecule has 2 amide bonds. The lowest BCUT2D eigenvalue weighted by atomic mass is 10.2. The van der Waals surface area contributed by atoms with Gasteiger partial charge in [-0.1, -0.05) is 28.1 Å². The molecule has 2 aromatic rings. The molecule has 6 nitrogen and oxygen atoms in total. The van der Waals surface area contributed by atoms with Gasteiger partial charge in [0.1, 0.15) is 5.75 Å². The van der Waals surface area contributed by atoms with Gasteiger partial charge in [0.15, 0.2) is 5.11 Å². The Hall–Kier alpha value is -1.97. The Morgan fingerprint density at radius 1 is 1.04 bits per heavy atom. The predicted molar refractivity (Wildman–Crippen MR) is 110 cm³/mol. The number of hydrogen-bond acceptors (Lipinski definition) is 4. The number of amides is 2. The van der Waals surface area contributed by atoms with Gasteiger partial charge in [-0.2, -0.15) is 0 Å². The highest BCUT2D eigenvalue weighted by Crippen LogP contribution is 2.23. The quantitative estimate of drug-likeness (QED) is 0.442. The fraction of sp³-hybridized carbons (Fsp3) is 0.118. The minimum absolute atomic E-state index is 0.0437. The summed E-state index contributed by atoms with van der Waals surface area (Å²) in [5.74, 6) is -0.415. The van der Waals surface area contributed by atoms with Crippen molar-refractivity contribution in [2.24, 2.45) is 0 Å². The molecule has 26 heavy (non-hydrogen) atoms. The molecule has 0 unspecified atom stereocenters. The monoisotopic (exact) mass is 499 g/mol. The molecule has 2 rings (SSSR count). The lowest BCUT2D eigenvalue weighted by molar-refractivity contribution is 0.0933. The van der Waals surface area contributed by atoms with Gasteiger partial charge in [-0.05, 0) is 65.4 Å². The molecule has 2 aromatic carbocycles. The number of rotatable bonds is 4. The van der Waals surface area contributed by atoms with Gasteiger partial charge >= 0.3 is 0 Å². The average Bonchev–Trinajstić information content (AvgIpc) is 2.61. The van der Waals surface area contributed by atoms with Crippen molar-refractivity contribution >= 4 is 61.0 Å². The Bertz CT molecular complexity index is 846. The Balaban J connectivity index is 1.98. The Morgan fingerprint density at radius 3 is 2.46 bits per heavy atom. The van der Waals surface area contributed by atoms with Crippen LogP contribution >= 0.6 is 44.1 Å². The van der Waals surface area contributed by atoms with E-state index in [-0.39, 0.29) is 5.11 Å². The molecule has 0 saturated heterocycles. The van der Waals surface area contributed by atoms with E-state index < -0.39 is 11.8 Å². The van der Waals surface area contributed by atoms with Gasteiger partial charge in [0.2, 0.25) is 0 Å². The zero-order chi connectivity index (χ0) is 19.1. The van der Waals surface area contributed by atoms with E-state index in [0.717, 1.165) is 4.47 Å². The number of carbonyl (C=O) groups is 2. The van der Waals surface area contributed by atoms with E-state index in [0.29, 0.717) is 28.0 Å². The van der Waals surface area contributed by atoms with Crippen LogP contribution in [0.15, 0.2) is 51.4 Å². The van der Waals surface area contributed by atoms with Crippen molar-refractivity contribution in [2.75, 3.05) is 6.61 Å². The fourth-order valence-electron chi connectivity index (χ4n) is 1.99. The maximum atomic E-state index is 12.4. The van der Waals surface area contributed by atoms with Crippen LogP contribution in [0, 0.1) is 0 Å². The van der Waals surface area contributed by atoms with E-state index in [1.165, 1.54) is 0 Å². The van der Waals surface area contributed by atoms with Gasteiger partial charge in [0, 0.05) is 8.95 Å². The zero-order valence-corrected chi connectivity index (χ0v) is 17.6. The molecule has 9 heteroatoms. The lowest BCUT2D eigenvalue weighted by Gasteiger charge is -2.13. The van der Waals surface area contributed by atoms with Crippen LogP contribution in [-0.2, 0) is 0 Å². The summed E-state index contributed by atoms with van der Waals surface area (Å²) in [6.45, 7) is 2.25. The number of ether oxygens (including phenoxy) is 1. The van der Waals surface area contributed by atoms with Crippen LogP contribution in [0.3, 0.4) is 0 Å². The highest BCUT2D eigenvalue weighted by molar-refractivity contribution is 9.10. The second kappa shape index (κ2) is 9.65. The van der Waals surface area contributed by atoms with Crippen molar-refractivity contribution in [3.8, 4) is 5.75 Å². The van der Waals surface area contributed by atoms with Gasteiger partial charge in [0.05, 0.1) is 17.7 Å². The highest BCUT2D eigenvalue weighted by atomic mass is 79.9. The summed E-state index contributed by atoms with van der Waals surface area (Å²) in [4.78, 5) is 24.5. The number of carbonyl (C=O) groups excluding carboxylic acids is 2. The lowest BCUT2D eigenvalue weighted by Crippen LogP contribution is -2.48. The molecule has 3 N–H and O–H groups in total. The first kappa shape index (κ1) is 20.3. The summed E-state index contributed by atoms with van der Waals surface area (Å²) in [5.41, 5.74) is 5.69. The average molecular weight is 501 g/mol. The number of hydrogen-bond donors (Lipinski definition) is 3. The number of thiocarbonyl (C=S) groups is 1.